The second-order valence-corrected chi connectivity index (χ2v) is 7.25. The van der Waals surface area contributed by atoms with Gasteiger partial charge in [0.05, 0.1) is 12.3 Å². The molecule has 1 heterocycles. The van der Waals surface area contributed by atoms with E-state index < -0.39 is 0 Å². The number of benzene rings is 2. The molecule has 2 aromatic carbocycles. The summed E-state index contributed by atoms with van der Waals surface area (Å²) in [6, 6.07) is 12.2. The van der Waals surface area contributed by atoms with Crippen molar-refractivity contribution in [2.75, 3.05) is 5.75 Å². The molecule has 0 bridgehead atoms. The molecule has 3 rings (SSSR count). The Morgan fingerprint density at radius 3 is 2.89 bits per heavy atom. The Kier molecular flexibility index (Phi) is 6.47. The van der Waals surface area contributed by atoms with Gasteiger partial charge < -0.3 is 9.84 Å². The highest BCUT2D eigenvalue weighted by Crippen LogP contribution is 2.20. The fraction of sp³-hybridized carbons (Fsp3) is 0.211. The number of rotatable bonds is 7. The van der Waals surface area contributed by atoms with Crippen molar-refractivity contribution in [2.24, 2.45) is 0 Å². The highest BCUT2D eigenvalue weighted by molar-refractivity contribution is 7.99. The Bertz CT molecular complexity index is 948. The maximum atomic E-state index is 13.7. The molecule has 0 aliphatic heterocycles. The summed E-state index contributed by atoms with van der Waals surface area (Å²) in [6.07, 6.45) is 0. The van der Waals surface area contributed by atoms with Crippen molar-refractivity contribution in [1.29, 1.82) is 0 Å². The van der Waals surface area contributed by atoms with Crippen LogP contribution in [0.3, 0.4) is 0 Å². The minimum Gasteiger partial charge on any atom is -0.346 e. The van der Waals surface area contributed by atoms with E-state index in [9.17, 15) is 9.18 Å². The molecule has 1 N–H and O–H groups in total. The van der Waals surface area contributed by atoms with Gasteiger partial charge in [-0.3, -0.25) is 4.79 Å². The van der Waals surface area contributed by atoms with E-state index in [1.807, 2.05) is 31.2 Å². The number of nitrogens with zero attached hydrogens (tertiary/aromatic N) is 2. The topological polar surface area (TPSA) is 68.0 Å². The van der Waals surface area contributed by atoms with Crippen LogP contribution in [0.15, 0.2) is 47.0 Å². The lowest BCUT2D eigenvalue weighted by Crippen LogP contribution is -2.24. The third-order valence-corrected chi connectivity index (χ3v) is 5.01. The second kappa shape index (κ2) is 9.01. The summed E-state index contributed by atoms with van der Waals surface area (Å²) in [5.41, 5.74) is 2.44. The van der Waals surface area contributed by atoms with E-state index in [0.29, 0.717) is 28.1 Å². The number of amides is 1. The van der Waals surface area contributed by atoms with Gasteiger partial charge in [-0.1, -0.05) is 47.1 Å². The van der Waals surface area contributed by atoms with Crippen LogP contribution in [-0.2, 0) is 17.1 Å². The SMILES string of the molecule is Cc1ccccc1-c1noc(CNC(=O)CSCc2ccc(Cl)cc2F)n1. The lowest BCUT2D eigenvalue weighted by Gasteiger charge is -2.04. The Balaban J connectivity index is 1.46. The van der Waals surface area contributed by atoms with E-state index in [1.165, 1.54) is 17.8 Å². The Labute approximate surface area is 165 Å². The largest absolute Gasteiger partial charge is 0.346 e. The first-order valence-electron chi connectivity index (χ1n) is 8.20. The maximum absolute atomic E-state index is 13.7. The van der Waals surface area contributed by atoms with Gasteiger partial charge in [-0.15, -0.1) is 11.8 Å². The van der Waals surface area contributed by atoms with Gasteiger partial charge in [0.1, 0.15) is 5.82 Å². The molecule has 0 unspecified atom stereocenters. The molecular formula is C19H17ClFN3O2S. The van der Waals surface area contributed by atoms with Crippen molar-refractivity contribution in [3.8, 4) is 11.4 Å². The highest BCUT2D eigenvalue weighted by atomic mass is 35.5. The fourth-order valence-corrected chi connectivity index (χ4v) is 3.38. The van der Waals surface area contributed by atoms with Crippen LogP contribution >= 0.6 is 23.4 Å². The second-order valence-electron chi connectivity index (χ2n) is 5.83. The summed E-state index contributed by atoms with van der Waals surface area (Å²) >= 11 is 7.03. The van der Waals surface area contributed by atoms with Gasteiger partial charge in [0.2, 0.25) is 17.6 Å². The molecule has 8 heteroatoms. The monoisotopic (exact) mass is 405 g/mol. The molecule has 5 nitrogen and oxygen atoms in total. The highest BCUT2D eigenvalue weighted by Gasteiger charge is 2.12. The fourth-order valence-electron chi connectivity index (χ4n) is 2.38. The summed E-state index contributed by atoms with van der Waals surface area (Å²) < 4.78 is 18.9. The van der Waals surface area contributed by atoms with E-state index in [-0.39, 0.29) is 24.0 Å². The summed E-state index contributed by atoms with van der Waals surface area (Å²) in [4.78, 5) is 16.2. The van der Waals surface area contributed by atoms with Crippen molar-refractivity contribution in [3.63, 3.8) is 0 Å². The summed E-state index contributed by atoms with van der Waals surface area (Å²) in [6.45, 7) is 2.11. The first kappa shape index (κ1) is 19.4. The van der Waals surface area contributed by atoms with Gasteiger partial charge >= 0.3 is 0 Å². The van der Waals surface area contributed by atoms with Crippen molar-refractivity contribution in [3.05, 3.63) is 70.3 Å². The number of carbonyl (C=O) groups excluding carboxylic acids is 1. The Hall–Kier alpha value is -2.38. The van der Waals surface area contributed by atoms with E-state index >= 15 is 0 Å². The quantitative estimate of drug-likeness (QED) is 0.631. The van der Waals surface area contributed by atoms with Crippen LogP contribution < -0.4 is 5.32 Å². The number of aryl methyl sites for hydroxylation is 1. The third-order valence-electron chi connectivity index (χ3n) is 3.80. The van der Waals surface area contributed by atoms with E-state index in [2.05, 4.69) is 15.5 Å². The Morgan fingerprint density at radius 2 is 2.11 bits per heavy atom. The van der Waals surface area contributed by atoms with E-state index in [4.69, 9.17) is 16.1 Å². The molecule has 1 amide bonds. The molecular weight excluding hydrogens is 389 g/mol. The standard InChI is InChI=1S/C19H17ClFN3O2S/c1-12-4-2-3-5-15(12)19-23-18(26-24-19)9-22-17(25)11-27-10-13-6-7-14(20)8-16(13)21/h2-8H,9-11H2,1H3,(H,22,25). The van der Waals surface area contributed by atoms with Crippen LogP contribution in [0.25, 0.3) is 11.4 Å². The number of thioether (sulfide) groups is 1. The molecule has 0 aliphatic rings. The van der Waals surface area contributed by atoms with Crippen LogP contribution in [0.2, 0.25) is 5.02 Å². The number of aromatic nitrogens is 2. The average Bonchev–Trinajstić information content (AvgIpc) is 3.11. The van der Waals surface area contributed by atoms with E-state index in [1.54, 1.807) is 12.1 Å². The summed E-state index contributed by atoms with van der Waals surface area (Å²) in [7, 11) is 0. The molecule has 0 spiro atoms. The van der Waals surface area contributed by atoms with Crippen molar-refractivity contribution < 1.29 is 13.7 Å². The van der Waals surface area contributed by atoms with Crippen molar-refractivity contribution in [1.82, 2.24) is 15.5 Å². The molecule has 27 heavy (non-hydrogen) atoms. The van der Waals surface area contributed by atoms with Crippen LogP contribution in [0, 0.1) is 12.7 Å². The van der Waals surface area contributed by atoms with Gasteiger partial charge in [-0.05, 0) is 30.2 Å². The summed E-state index contributed by atoms with van der Waals surface area (Å²) in [5, 5.41) is 7.02. The van der Waals surface area contributed by atoms with Crippen LogP contribution in [0.5, 0.6) is 0 Å². The predicted molar refractivity (Wildman–Crippen MR) is 104 cm³/mol. The van der Waals surface area contributed by atoms with Gasteiger partial charge in [0, 0.05) is 16.3 Å². The van der Waals surface area contributed by atoms with Gasteiger partial charge in [-0.25, -0.2) is 4.39 Å². The lowest BCUT2D eigenvalue weighted by molar-refractivity contribution is -0.118. The van der Waals surface area contributed by atoms with Crippen molar-refractivity contribution >= 4 is 29.3 Å². The molecule has 0 fully saturated rings. The lowest BCUT2D eigenvalue weighted by atomic mass is 10.1. The van der Waals surface area contributed by atoms with Crippen molar-refractivity contribution in [2.45, 2.75) is 19.2 Å². The average molecular weight is 406 g/mol. The van der Waals surface area contributed by atoms with Gasteiger partial charge in [0.15, 0.2) is 0 Å². The zero-order valence-corrected chi connectivity index (χ0v) is 16.1. The third kappa shape index (κ3) is 5.30. The van der Waals surface area contributed by atoms with Crippen LogP contribution in [0.1, 0.15) is 17.0 Å². The molecule has 0 saturated carbocycles. The zero-order valence-electron chi connectivity index (χ0n) is 14.5. The molecule has 0 aliphatic carbocycles. The molecule has 0 radical (unpaired) electrons. The predicted octanol–water partition coefficient (Wildman–Crippen LogP) is 4.39. The molecule has 3 aromatic rings. The molecule has 1 aromatic heterocycles. The van der Waals surface area contributed by atoms with Crippen LogP contribution in [0.4, 0.5) is 4.39 Å². The molecule has 140 valence electrons. The first-order chi connectivity index (χ1) is 13.0. The zero-order chi connectivity index (χ0) is 19.2. The number of halogens is 2. The Morgan fingerprint density at radius 1 is 1.30 bits per heavy atom. The number of hydrogen-bond donors (Lipinski definition) is 1. The van der Waals surface area contributed by atoms with Gasteiger partial charge in [-0.2, -0.15) is 4.98 Å². The normalized spacial score (nSPS) is 10.8. The number of nitrogens with one attached hydrogen (secondary N) is 1. The number of carbonyl (C=O) groups is 1. The summed E-state index contributed by atoms with van der Waals surface area (Å²) in [5.74, 6) is 0.838. The number of hydrogen-bond acceptors (Lipinski definition) is 5. The van der Waals surface area contributed by atoms with Gasteiger partial charge in [0.25, 0.3) is 0 Å². The maximum Gasteiger partial charge on any atom is 0.246 e. The first-order valence-corrected chi connectivity index (χ1v) is 9.73. The van der Waals surface area contributed by atoms with E-state index in [0.717, 1.165) is 11.1 Å². The molecule has 0 saturated heterocycles. The molecule has 0 atom stereocenters. The van der Waals surface area contributed by atoms with Crippen LogP contribution in [-0.4, -0.2) is 21.8 Å². The minimum atomic E-state index is -0.370. The minimum absolute atomic E-state index is 0.146. The smallest absolute Gasteiger partial charge is 0.246 e.